The smallest absolute Gasteiger partial charge is 0.253 e. The number of ether oxygens (including phenoxy) is 1. The van der Waals surface area contributed by atoms with Gasteiger partial charge in [0.15, 0.2) is 0 Å². The fraction of sp³-hybridized carbons (Fsp3) is 0.636. The quantitative estimate of drug-likeness (QED) is 0.706. The summed E-state index contributed by atoms with van der Waals surface area (Å²) in [6, 6.07) is 7.07. The van der Waals surface area contributed by atoms with E-state index in [9.17, 15) is 9.59 Å². The van der Waals surface area contributed by atoms with Gasteiger partial charge in [0.25, 0.3) is 11.8 Å². The highest BCUT2D eigenvalue weighted by molar-refractivity contribution is 5.98. The maximum absolute atomic E-state index is 12.4. The molecule has 1 aromatic rings. The van der Waals surface area contributed by atoms with Gasteiger partial charge in [-0.1, -0.05) is 19.9 Å². The van der Waals surface area contributed by atoms with Crippen LogP contribution >= 0.6 is 0 Å². The van der Waals surface area contributed by atoms with Crippen molar-refractivity contribution in [3.05, 3.63) is 29.8 Å². The first-order chi connectivity index (χ1) is 13.5. The Kier molecular flexibility index (Phi) is 7.45. The molecule has 154 valence electrons. The summed E-state index contributed by atoms with van der Waals surface area (Å²) < 4.78 is 5.40. The van der Waals surface area contributed by atoms with Gasteiger partial charge in [-0.3, -0.25) is 9.59 Å². The fourth-order valence-corrected chi connectivity index (χ4v) is 4.33. The zero-order valence-corrected chi connectivity index (χ0v) is 17.1. The van der Waals surface area contributed by atoms with Crippen LogP contribution < -0.4 is 10.6 Å². The lowest BCUT2D eigenvalue weighted by atomic mass is 9.92. The van der Waals surface area contributed by atoms with Crippen LogP contribution in [0.3, 0.4) is 0 Å². The molecule has 3 atom stereocenters. The van der Waals surface area contributed by atoms with Crippen molar-refractivity contribution in [2.75, 3.05) is 38.1 Å². The highest BCUT2D eigenvalue weighted by Crippen LogP contribution is 2.21. The van der Waals surface area contributed by atoms with Crippen molar-refractivity contribution >= 4 is 17.5 Å². The van der Waals surface area contributed by atoms with Gasteiger partial charge in [0, 0.05) is 37.5 Å². The first-order valence-corrected chi connectivity index (χ1v) is 10.5. The number of anilines is 1. The Labute approximate surface area is 168 Å². The molecule has 6 heteroatoms. The lowest BCUT2D eigenvalue weighted by molar-refractivity contribution is -0.124. The summed E-state index contributed by atoms with van der Waals surface area (Å²) in [7, 11) is 0. The minimum Gasteiger partial charge on any atom is -0.368 e. The van der Waals surface area contributed by atoms with Gasteiger partial charge in [0.1, 0.15) is 6.10 Å². The summed E-state index contributed by atoms with van der Waals surface area (Å²) in [6.45, 7) is 9.26. The van der Waals surface area contributed by atoms with Crippen molar-refractivity contribution in [3.8, 4) is 0 Å². The third-order valence-corrected chi connectivity index (χ3v) is 5.50. The summed E-state index contributed by atoms with van der Waals surface area (Å²) >= 11 is 0. The normalized spacial score (nSPS) is 25.4. The summed E-state index contributed by atoms with van der Waals surface area (Å²) in [5.74, 6) is 1.27. The number of benzene rings is 1. The molecule has 3 rings (SSSR count). The van der Waals surface area contributed by atoms with Crippen LogP contribution in [0.1, 0.15) is 49.9 Å². The Morgan fingerprint density at radius 1 is 1.21 bits per heavy atom. The number of carbonyl (C=O) groups is 2. The highest BCUT2D eigenvalue weighted by atomic mass is 16.5. The van der Waals surface area contributed by atoms with E-state index in [4.69, 9.17) is 4.74 Å². The summed E-state index contributed by atoms with van der Waals surface area (Å²) in [6.07, 6.45) is 3.54. The van der Waals surface area contributed by atoms with E-state index < -0.39 is 0 Å². The molecule has 0 saturated carbocycles. The molecule has 1 aromatic carbocycles. The SMILES string of the molecule is C[C@@H]1C[C@@H](C)CN(CCCNC(=O)c2cccc(NC(=O)[C@@H]3CCCO3)c2)C1. The Balaban J connectivity index is 1.42. The molecule has 2 heterocycles. The number of hydrogen-bond acceptors (Lipinski definition) is 4. The number of rotatable bonds is 7. The van der Waals surface area contributed by atoms with Crippen molar-refractivity contribution in [1.82, 2.24) is 10.2 Å². The van der Waals surface area contributed by atoms with E-state index in [1.165, 1.54) is 6.42 Å². The molecule has 2 amide bonds. The van der Waals surface area contributed by atoms with E-state index >= 15 is 0 Å². The molecular weight excluding hydrogens is 354 g/mol. The number of likely N-dealkylation sites (tertiary alicyclic amines) is 1. The van der Waals surface area contributed by atoms with Gasteiger partial charge >= 0.3 is 0 Å². The van der Waals surface area contributed by atoms with E-state index in [0.717, 1.165) is 50.7 Å². The average molecular weight is 388 g/mol. The fourth-order valence-electron chi connectivity index (χ4n) is 4.33. The van der Waals surface area contributed by atoms with Crippen molar-refractivity contribution in [2.24, 2.45) is 11.8 Å². The van der Waals surface area contributed by atoms with E-state index in [0.29, 0.717) is 24.4 Å². The minimum atomic E-state index is -0.377. The molecule has 2 saturated heterocycles. The first-order valence-electron chi connectivity index (χ1n) is 10.5. The van der Waals surface area contributed by atoms with E-state index in [-0.39, 0.29) is 17.9 Å². The molecule has 0 spiro atoms. The predicted molar refractivity (Wildman–Crippen MR) is 110 cm³/mol. The molecule has 0 unspecified atom stereocenters. The van der Waals surface area contributed by atoms with Crippen LogP contribution in [-0.2, 0) is 9.53 Å². The monoisotopic (exact) mass is 387 g/mol. The Bertz CT molecular complexity index is 663. The van der Waals surface area contributed by atoms with E-state index in [1.807, 2.05) is 0 Å². The van der Waals surface area contributed by atoms with E-state index in [2.05, 4.69) is 29.4 Å². The Morgan fingerprint density at radius 2 is 2.00 bits per heavy atom. The number of nitrogens with zero attached hydrogens (tertiary/aromatic N) is 1. The number of carbonyl (C=O) groups excluding carboxylic acids is 2. The topological polar surface area (TPSA) is 70.7 Å². The lowest BCUT2D eigenvalue weighted by Crippen LogP contribution is -2.40. The van der Waals surface area contributed by atoms with Gasteiger partial charge in [-0.05, 0) is 62.3 Å². The van der Waals surface area contributed by atoms with Crippen LogP contribution in [0.15, 0.2) is 24.3 Å². The zero-order chi connectivity index (χ0) is 19.9. The van der Waals surface area contributed by atoms with Crippen molar-refractivity contribution in [3.63, 3.8) is 0 Å². The van der Waals surface area contributed by atoms with Gasteiger partial charge in [-0.25, -0.2) is 0 Å². The zero-order valence-electron chi connectivity index (χ0n) is 17.1. The Morgan fingerprint density at radius 3 is 2.71 bits per heavy atom. The number of piperidine rings is 1. The van der Waals surface area contributed by atoms with Gasteiger partial charge in [0.2, 0.25) is 0 Å². The van der Waals surface area contributed by atoms with Crippen LogP contribution in [-0.4, -0.2) is 55.6 Å². The molecule has 2 fully saturated rings. The molecule has 2 aliphatic rings. The van der Waals surface area contributed by atoms with Crippen LogP contribution in [0.4, 0.5) is 5.69 Å². The van der Waals surface area contributed by atoms with Gasteiger partial charge in [-0.2, -0.15) is 0 Å². The van der Waals surface area contributed by atoms with Crippen LogP contribution in [0.2, 0.25) is 0 Å². The lowest BCUT2D eigenvalue weighted by Gasteiger charge is -2.34. The van der Waals surface area contributed by atoms with Gasteiger partial charge in [-0.15, -0.1) is 0 Å². The maximum atomic E-state index is 12.4. The maximum Gasteiger partial charge on any atom is 0.253 e. The molecule has 6 nitrogen and oxygen atoms in total. The van der Waals surface area contributed by atoms with Gasteiger partial charge in [0.05, 0.1) is 0 Å². The second kappa shape index (κ2) is 10.0. The number of nitrogens with one attached hydrogen (secondary N) is 2. The molecule has 2 N–H and O–H groups in total. The molecule has 0 aliphatic carbocycles. The van der Waals surface area contributed by atoms with Crippen molar-refractivity contribution < 1.29 is 14.3 Å². The molecule has 0 radical (unpaired) electrons. The Hall–Kier alpha value is -1.92. The largest absolute Gasteiger partial charge is 0.368 e. The molecular formula is C22H33N3O3. The first kappa shape index (κ1) is 20.8. The number of amides is 2. The summed E-state index contributed by atoms with van der Waals surface area (Å²) in [5, 5.41) is 5.84. The predicted octanol–water partition coefficient (Wildman–Crippen LogP) is 2.90. The standard InChI is InChI=1S/C22H33N3O3/c1-16-12-17(2)15-25(14-16)10-5-9-23-21(26)18-6-3-7-19(13-18)24-22(27)20-8-4-11-28-20/h3,6-7,13,16-17,20H,4-5,8-12,14-15H2,1-2H3,(H,23,26)(H,24,27)/t16-,17-,20+/m1/s1. The summed E-state index contributed by atoms with van der Waals surface area (Å²) in [5.41, 5.74) is 1.19. The highest BCUT2D eigenvalue weighted by Gasteiger charge is 2.24. The molecule has 0 bridgehead atoms. The van der Waals surface area contributed by atoms with Crippen LogP contribution in [0.25, 0.3) is 0 Å². The average Bonchev–Trinajstić information content (AvgIpc) is 3.19. The van der Waals surface area contributed by atoms with Crippen molar-refractivity contribution in [2.45, 2.75) is 45.6 Å². The third-order valence-electron chi connectivity index (χ3n) is 5.50. The molecule has 28 heavy (non-hydrogen) atoms. The van der Waals surface area contributed by atoms with Crippen molar-refractivity contribution in [1.29, 1.82) is 0 Å². The van der Waals surface area contributed by atoms with Crippen LogP contribution in [0.5, 0.6) is 0 Å². The second-order valence-corrected chi connectivity index (χ2v) is 8.39. The molecule has 0 aromatic heterocycles. The minimum absolute atomic E-state index is 0.103. The molecule has 2 aliphatic heterocycles. The second-order valence-electron chi connectivity index (χ2n) is 8.39. The number of hydrogen-bond donors (Lipinski definition) is 2. The van der Waals surface area contributed by atoms with Crippen LogP contribution in [0, 0.1) is 11.8 Å². The van der Waals surface area contributed by atoms with E-state index in [1.54, 1.807) is 24.3 Å². The van der Waals surface area contributed by atoms with Gasteiger partial charge < -0.3 is 20.3 Å². The summed E-state index contributed by atoms with van der Waals surface area (Å²) in [4.78, 5) is 27.1. The third kappa shape index (κ3) is 6.04.